The lowest BCUT2D eigenvalue weighted by molar-refractivity contribution is -0.385. The molecule has 0 N–H and O–H groups in total. The molecule has 0 aromatic heterocycles. The normalized spacial score (nSPS) is 10.3. The topological polar surface area (TPSA) is 43.1 Å². The average molecular weight is 241 g/mol. The molecular formula is C15H15NO2. The van der Waals surface area contributed by atoms with Crippen LogP contribution in [0.2, 0.25) is 0 Å². The minimum absolute atomic E-state index is 0.210. The molecule has 0 aliphatic rings. The van der Waals surface area contributed by atoms with Gasteiger partial charge < -0.3 is 0 Å². The van der Waals surface area contributed by atoms with E-state index in [4.69, 9.17) is 0 Å². The Morgan fingerprint density at radius 2 is 1.72 bits per heavy atom. The summed E-state index contributed by atoms with van der Waals surface area (Å²) >= 11 is 0. The summed E-state index contributed by atoms with van der Waals surface area (Å²) in [6.07, 6.45) is 0.602. The fourth-order valence-electron chi connectivity index (χ4n) is 2.05. The van der Waals surface area contributed by atoms with Crippen LogP contribution in [0.25, 0.3) is 0 Å². The summed E-state index contributed by atoms with van der Waals surface area (Å²) in [5, 5.41) is 11.1. The Balaban J connectivity index is 2.48. The SMILES string of the molecule is Cc1ccc([N+](=O)[O-])c(Cc2ccccc2)c1C. The van der Waals surface area contributed by atoms with Gasteiger partial charge in [-0.1, -0.05) is 36.4 Å². The molecule has 0 heterocycles. The number of hydrogen-bond acceptors (Lipinski definition) is 2. The van der Waals surface area contributed by atoms with Crippen LogP contribution in [0.4, 0.5) is 5.69 Å². The first-order valence-corrected chi connectivity index (χ1v) is 5.87. The largest absolute Gasteiger partial charge is 0.273 e. The third-order valence-corrected chi connectivity index (χ3v) is 3.26. The van der Waals surface area contributed by atoms with Crippen molar-refractivity contribution in [3.63, 3.8) is 0 Å². The van der Waals surface area contributed by atoms with E-state index >= 15 is 0 Å². The Morgan fingerprint density at radius 1 is 1.06 bits per heavy atom. The van der Waals surface area contributed by atoms with Crippen molar-refractivity contribution in [1.82, 2.24) is 0 Å². The summed E-state index contributed by atoms with van der Waals surface area (Å²) in [5.74, 6) is 0. The van der Waals surface area contributed by atoms with Gasteiger partial charge in [0.2, 0.25) is 0 Å². The molecule has 0 aliphatic heterocycles. The molecule has 3 nitrogen and oxygen atoms in total. The van der Waals surface area contributed by atoms with Crippen LogP contribution < -0.4 is 0 Å². The Kier molecular flexibility index (Phi) is 3.42. The maximum Gasteiger partial charge on any atom is 0.273 e. The molecule has 0 unspecified atom stereocenters. The molecule has 0 saturated heterocycles. The first-order chi connectivity index (χ1) is 8.59. The quantitative estimate of drug-likeness (QED) is 0.606. The number of rotatable bonds is 3. The Morgan fingerprint density at radius 3 is 2.33 bits per heavy atom. The fourth-order valence-corrected chi connectivity index (χ4v) is 2.05. The van der Waals surface area contributed by atoms with E-state index in [-0.39, 0.29) is 10.6 Å². The van der Waals surface area contributed by atoms with Crippen molar-refractivity contribution in [3.05, 3.63) is 74.8 Å². The van der Waals surface area contributed by atoms with Gasteiger partial charge in [0.15, 0.2) is 0 Å². The average Bonchev–Trinajstić information content (AvgIpc) is 2.36. The Hall–Kier alpha value is -2.16. The molecule has 0 spiro atoms. The number of hydrogen-bond donors (Lipinski definition) is 0. The van der Waals surface area contributed by atoms with E-state index < -0.39 is 0 Å². The predicted molar refractivity (Wildman–Crippen MR) is 71.8 cm³/mol. The van der Waals surface area contributed by atoms with Crippen molar-refractivity contribution in [3.8, 4) is 0 Å². The van der Waals surface area contributed by atoms with Crippen LogP contribution >= 0.6 is 0 Å². The van der Waals surface area contributed by atoms with Crippen LogP contribution in [-0.4, -0.2) is 4.92 Å². The Labute approximate surface area is 106 Å². The summed E-state index contributed by atoms with van der Waals surface area (Å²) in [5.41, 5.74) is 4.21. The van der Waals surface area contributed by atoms with Crippen LogP contribution in [0.3, 0.4) is 0 Å². The minimum Gasteiger partial charge on any atom is -0.258 e. The number of nitro benzene ring substituents is 1. The molecule has 0 aliphatic carbocycles. The zero-order chi connectivity index (χ0) is 13.1. The van der Waals surface area contributed by atoms with Crippen LogP contribution in [0.5, 0.6) is 0 Å². The lowest BCUT2D eigenvalue weighted by Crippen LogP contribution is -2.01. The molecule has 3 heteroatoms. The minimum atomic E-state index is -0.301. The van der Waals surface area contributed by atoms with Crippen molar-refractivity contribution >= 4 is 5.69 Å². The van der Waals surface area contributed by atoms with Crippen molar-refractivity contribution in [2.24, 2.45) is 0 Å². The van der Waals surface area contributed by atoms with Crippen LogP contribution in [0.15, 0.2) is 42.5 Å². The van der Waals surface area contributed by atoms with Gasteiger partial charge in [-0.05, 0) is 30.5 Å². The van der Waals surface area contributed by atoms with E-state index in [0.29, 0.717) is 6.42 Å². The van der Waals surface area contributed by atoms with Crippen molar-refractivity contribution in [2.75, 3.05) is 0 Å². The molecule has 0 radical (unpaired) electrons. The van der Waals surface area contributed by atoms with Gasteiger partial charge in [0.1, 0.15) is 0 Å². The number of benzene rings is 2. The molecular weight excluding hydrogens is 226 g/mol. The lowest BCUT2D eigenvalue weighted by Gasteiger charge is -2.09. The maximum atomic E-state index is 11.1. The molecule has 92 valence electrons. The smallest absolute Gasteiger partial charge is 0.258 e. The van der Waals surface area contributed by atoms with Gasteiger partial charge in [-0.3, -0.25) is 10.1 Å². The van der Waals surface area contributed by atoms with Crippen LogP contribution in [0.1, 0.15) is 22.3 Å². The number of nitrogens with zero attached hydrogens (tertiary/aromatic N) is 1. The van der Waals surface area contributed by atoms with E-state index in [1.807, 2.05) is 50.2 Å². The third-order valence-electron chi connectivity index (χ3n) is 3.26. The zero-order valence-electron chi connectivity index (χ0n) is 10.5. The molecule has 0 amide bonds. The monoisotopic (exact) mass is 241 g/mol. The van der Waals surface area contributed by atoms with Gasteiger partial charge >= 0.3 is 0 Å². The van der Waals surface area contributed by atoms with Gasteiger partial charge in [-0.2, -0.15) is 0 Å². The van der Waals surface area contributed by atoms with Gasteiger partial charge in [-0.25, -0.2) is 0 Å². The molecule has 18 heavy (non-hydrogen) atoms. The highest BCUT2D eigenvalue weighted by atomic mass is 16.6. The first kappa shape index (κ1) is 12.3. The molecule has 0 fully saturated rings. The fraction of sp³-hybridized carbons (Fsp3) is 0.200. The molecule has 2 rings (SSSR count). The second-order valence-corrected chi connectivity index (χ2v) is 4.42. The highest BCUT2D eigenvalue weighted by molar-refractivity contribution is 5.50. The third kappa shape index (κ3) is 2.40. The second kappa shape index (κ2) is 5.00. The van der Waals surface area contributed by atoms with Gasteiger partial charge in [0.05, 0.1) is 4.92 Å². The highest BCUT2D eigenvalue weighted by Gasteiger charge is 2.17. The predicted octanol–water partition coefficient (Wildman–Crippen LogP) is 3.80. The lowest BCUT2D eigenvalue weighted by atomic mass is 9.95. The van der Waals surface area contributed by atoms with Gasteiger partial charge in [0, 0.05) is 18.1 Å². The van der Waals surface area contributed by atoms with E-state index in [2.05, 4.69) is 0 Å². The molecule has 0 bridgehead atoms. The molecule has 0 saturated carbocycles. The van der Waals surface area contributed by atoms with Crippen molar-refractivity contribution in [2.45, 2.75) is 20.3 Å². The summed E-state index contributed by atoms with van der Waals surface area (Å²) in [4.78, 5) is 10.8. The Bertz CT molecular complexity index is 577. The van der Waals surface area contributed by atoms with E-state index in [1.54, 1.807) is 6.07 Å². The highest BCUT2D eigenvalue weighted by Crippen LogP contribution is 2.27. The standard InChI is InChI=1S/C15H15NO2/c1-11-8-9-15(16(17)18)14(12(11)2)10-13-6-4-3-5-7-13/h3-9H,10H2,1-2H3. The van der Waals surface area contributed by atoms with Crippen LogP contribution in [0, 0.1) is 24.0 Å². The second-order valence-electron chi connectivity index (χ2n) is 4.42. The van der Waals surface area contributed by atoms with Crippen LogP contribution in [-0.2, 0) is 6.42 Å². The van der Waals surface area contributed by atoms with Crippen molar-refractivity contribution in [1.29, 1.82) is 0 Å². The van der Waals surface area contributed by atoms with Crippen molar-refractivity contribution < 1.29 is 4.92 Å². The van der Waals surface area contributed by atoms with E-state index in [9.17, 15) is 10.1 Å². The number of nitro groups is 1. The van der Waals surface area contributed by atoms with E-state index in [1.165, 1.54) is 0 Å². The van der Waals surface area contributed by atoms with Gasteiger partial charge in [0.25, 0.3) is 5.69 Å². The molecule has 2 aromatic rings. The summed E-state index contributed by atoms with van der Waals surface area (Å²) in [6, 6.07) is 13.2. The molecule has 2 aromatic carbocycles. The van der Waals surface area contributed by atoms with Gasteiger partial charge in [-0.15, -0.1) is 0 Å². The van der Waals surface area contributed by atoms with E-state index in [0.717, 1.165) is 22.3 Å². The first-order valence-electron chi connectivity index (χ1n) is 5.87. The number of aryl methyl sites for hydroxylation is 1. The summed E-state index contributed by atoms with van der Waals surface area (Å²) in [6.45, 7) is 3.92. The summed E-state index contributed by atoms with van der Waals surface area (Å²) in [7, 11) is 0. The zero-order valence-corrected chi connectivity index (χ0v) is 10.5. The molecule has 0 atom stereocenters. The summed E-state index contributed by atoms with van der Waals surface area (Å²) < 4.78 is 0. The maximum absolute atomic E-state index is 11.1.